The number of nitrogens with zero attached hydrogens (tertiary/aromatic N) is 1. The minimum Gasteiger partial charge on any atom is -0.367 e. The minimum atomic E-state index is -4.30. The van der Waals surface area contributed by atoms with Crippen molar-refractivity contribution in [2.75, 3.05) is 5.32 Å². The van der Waals surface area contributed by atoms with Crippen molar-refractivity contribution >= 4 is 5.82 Å². The normalized spacial score (nSPS) is 17.7. The highest BCUT2D eigenvalue weighted by atomic mass is 19.4. The van der Waals surface area contributed by atoms with Crippen LogP contribution in [0.1, 0.15) is 31.2 Å². The molecule has 1 saturated carbocycles. The molecule has 0 atom stereocenters. The van der Waals surface area contributed by atoms with Gasteiger partial charge in [0.05, 0.1) is 5.56 Å². The third-order valence-electron chi connectivity index (χ3n) is 2.79. The van der Waals surface area contributed by atoms with Gasteiger partial charge in [0.2, 0.25) is 0 Å². The Bertz CT molecular complexity index is 356. The molecule has 0 spiro atoms. The van der Waals surface area contributed by atoms with Gasteiger partial charge in [0.15, 0.2) is 0 Å². The van der Waals surface area contributed by atoms with Gasteiger partial charge in [0.1, 0.15) is 5.82 Å². The zero-order valence-corrected chi connectivity index (χ0v) is 8.72. The van der Waals surface area contributed by atoms with E-state index in [1.807, 2.05) is 0 Å². The third-order valence-corrected chi connectivity index (χ3v) is 2.79. The predicted octanol–water partition coefficient (Wildman–Crippen LogP) is 3.45. The summed E-state index contributed by atoms with van der Waals surface area (Å²) in [4.78, 5) is 3.91. The molecule has 1 aromatic heterocycles. The monoisotopic (exact) mass is 230 g/mol. The highest BCUT2D eigenvalue weighted by molar-refractivity contribution is 5.39. The summed E-state index contributed by atoms with van der Waals surface area (Å²) in [6.07, 6.45) is 1.19. The molecule has 0 bridgehead atoms. The number of pyridine rings is 1. The van der Waals surface area contributed by atoms with Crippen LogP contribution in [0.15, 0.2) is 18.3 Å². The molecule has 88 valence electrons. The molecule has 1 aliphatic carbocycles. The Morgan fingerprint density at radius 3 is 2.56 bits per heavy atom. The largest absolute Gasteiger partial charge is 0.416 e. The van der Waals surface area contributed by atoms with Gasteiger partial charge in [0.25, 0.3) is 0 Å². The SMILES string of the molecule is FC(F)(F)c1ccnc(NC2CCCC2)c1. The molecule has 1 aliphatic rings. The van der Waals surface area contributed by atoms with Gasteiger partial charge >= 0.3 is 6.18 Å². The van der Waals surface area contributed by atoms with Crippen molar-refractivity contribution in [2.45, 2.75) is 37.9 Å². The Labute approximate surface area is 91.9 Å². The van der Waals surface area contributed by atoms with E-state index in [1.54, 1.807) is 0 Å². The first-order valence-electron chi connectivity index (χ1n) is 5.35. The lowest BCUT2D eigenvalue weighted by Crippen LogP contribution is -2.16. The molecule has 0 aliphatic heterocycles. The molecule has 1 aromatic rings. The van der Waals surface area contributed by atoms with E-state index in [1.165, 1.54) is 6.20 Å². The van der Waals surface area contributed by atoms with Crippen molar-refractivity contribution in [1.29, 1.82) is 0 Å². The van der Waals surface area contributed by atoms with E-state index in [9.17, 15) is 13.2 Å². The zero-order valence-electron chi connectivity index (χ0n) is 8.72. The fourth-order valence-electron chi connectivity index (χ4n) is 1.97. The number of rotatable bonds is 2. The zero-order chi connectivity index (χ0) is 11.6. The number of alkyl halides is 3. The first kappa shape index (κ1) is 11.2. The molecule has 5 heteroatoms. The summed E-state index contributed by atoms with van der Waals surface area (Å²) in [5.74, 6) is 0.321. The van der Waals surface area contributed by atoms with Crippen molar-refractivity contribution in [1.82, 2.24) is 4.98 Å². The van der Waals surface area contributed by atoms with Crippen LogP contribution in [0.4, 0.5) is 19.0 Å². The molecular weight excluding hydrogens is 217 g/mol. The van der Waals surface area contributed by atoms with Crippen LogP contribution in [-0.2, 0) is 6.18 Å². The summed E-state index contributed by atoms with van der Waals surface area (Å²) >= 11 is 0. The molecule has 0 unspecified atom stereocenters. The van der Waals surface area contributed by atoms with Crippen molar-refractivity contribution in [3.05, 3.63) is 23.9 Å². The van der Waals surface area contributed by atoms with Crippen LogP contribution in [0.3, 0.4) is 0 Å². The van der Waals surface area contributed by atoms with Crippen LogP contribution < -0.4 is 5.32 Å². The van der Waals surface area contributed by atoms with Gasteiger partial charge in [-0.25, -0.2) is 4.98 Å². The smallest absolute Gasteiger partial charge is 0.367 e. The Morgan fingerprint density at radius 1 is 1.25 bits per heavy atom. The highest BCUT2D eigenvalue weighted by Gasteiger charge is 2.30. The average molecular weight is 230 g/mol. The number of anilines is 1. The second-order valence-corrected chi connectivity index (χ2v) is 4.05. The summed E-state index contributed by atoms with van der Waals surface area (Å²) in [5, 5.41) is 3.04. The first-order chi connectivity index (χ1) is 7.55. The van der Waals surface area contributed by atoms with Crippen molar-refractivity contribution < 1.29 is 13.2 Å². The maximum Gasteiger partial charge on any atom is 0.416 e. The van der Waals surface area contributed by atoms with Gasteiger partial charge in [-0.1, -0.05) is 12.8 Å². The van der Waals surface area contributed by atoms with Crippen LogP contribution in [0.25, 0.3) is 0 Å². The van der Waals surface area contributed by atoms with E-state index in [2.05, 4.69) is 10.3 Å². The van der Waals surface area contributed by atoms with Gasteiger partial charge < -0.3 is 5.32 Å². The summed E-state index contributed by atoms with van der Waals surface area (Å²) in [5.41, 5.74) is -0.650. The quantitative estimate of drug-likeness (QED) is 0.841. The second kappa shape index (κ2) is 4.31. The van der Waals surface area contributed by atoms with E-state index in [0.29, 0.717) is 5.82 Å². The average Bonchev–Trinajstić information content (AvgIpc) is 2.70. The molecule has 1 fully saturated rings. The molecule has 1 N–H and O–H groups in total. The van der Waals surface area contributed by atoms with Gasteiger partial charge in [-0.15, -0.1) is 0 Å². The van der Waals surface area contributed by atoms with Gasteiger partial charge in [-0.3, -0.25) is 0 Å². The third kappa shape index (κ3) is 2.65. The number of nitrogens with one attached hydrogen (secondary N) is 1. The van der Waals surface area contributed by atoms with Crippen LogP contribution in [-0.4, -0.2) is 11.0 Å². The topological polar surface area (TPSA) is 24.9 Å². The Kier molecular flexibility index (Phi) is 3.03. The summed E-state index contributed by atoms with van der Waals surface area (Å²) in [7, 11) is 0. The molecule has 0 saturated heterocycles. The van der Waals surface area contributed by atoms with Gasteiger partial charge in [-0.2, -0.15) is 13.2 Å². The van der Waals surface area contributed by atoms with Crippen LogP contribution in [0, 0.1) is 0 Å². The lowest BCUT2D eigenvalue weighted by atomic mass is 10.2. The number of hydrogen-bond acceptors (Lipinski definition) is 2. The standard InChI is InChI=1S/C11H13F3N2/c12-11(13,14)8-5-6-15-10(7-8)16-9-3-1-2-4-9/h5-7,9H,1-4H2,(H,15,16). The van der Waals surface area contributed by atoms with E-state index in [-0.39, 0.29) is 6.04 Å². The summed E-state index contributed by atoms with van der Waals surface area (Å²) in [6, 6.07) is 2.33. The molecule has 0 amide bonds. The number of aromatic nitrogens is 1. The molecule has 0 aromatic carbocycles. The number of halogens is 3. The fourth-order valence-corrected chi connectivity index (χ4v) is 1.97. The molecule has 16 heavy (non-hydrogen) atoms. The molecular formula is C11H13F3N2. The summed E-state index contributed by atoms with van der Waals surface area (Å²) < 4.78 is 37.3. The van der Waals surface area contributed by atoms with Crippen LogP contribution >= 0.6 is 0 Å². The lowest BCUT2D eigenvalue weighted by Gasteiger charge is -2.14. The Balaban J connectivity index is 2.09. The van der Waals surface area contributed by atoms with E-state index in [4.69, 9.17) is 0 Å². The van der Waals surface area contributed by atoms with Crippen molar-refractivity contribution in [3.63, 3.8) is 0 Å². The van der Waals surface area contributed by atoms with E-state index >= 15 is 0 Å². The van der Waals surface area contributed by atoms with Crippen LogP contribution in [0.2, 0.25) is 0 Å². The molecule has 1 heterocycles. The van der Waals surface area contributed by atoms with Crippen molar-refractivity contribution in [2.24, 2.45) is 0 Å². The first-order valence-corrected chi connectivity index (χ1v) is 5.35. The molecule has 2 rings (SSSR count). The lowest BCUT2D eigenvalue weighted by molar-refractivity contribution is -0.137. The van der Waals surface area contributed by atoms with Crippen molar-refractivity contribution in [3.8, 4) is 0 Å². The predicted molar refractivity (Wildman–Crippen MR) is 55.1 cm³/mol. The maximum atomic E-state index is 12.4. The minimum absolute atomic E-state index is 0.274. The summed E-state index contributed by atoms with van der Waals surface area (Å²) in [6.45, 7) is 0. The Morgan fingerprint density at radius 2 is 1.94 bits per heavy atom. The fraction of sp³-hybridized carbons (Fsp3) is 0.545. The van der Waals surface area contributed by atoms with E-state index in [0.717, 1.165) is 37.8 Å². The van der Waals surface area contributed by atoms with Crippen LogP contribution in [0.5, 0.6) is 0 Å². The number of hydrogen-bond donors (Lipinski definition) is 1. The molecule has 2 nitrogen and oxygen atoms in total. The van der Waals surface area contributed by atoms with Gasteiger partial charge in [-0.05, 0) is 25.0 Å². The Hall–Kier alpha value is -1.26. The maximum absolute atomic E-state index is 12.4. The van der Waals surface area contributed by atoms with Gasteiger partial charge in [0, 0.05) is 12.2 Å². The second-order valence-electron chi connectivity index (χ2n) is 4.05. The molecule has 0 radical (unpaired) electrons. The highest BCUT2D eigenvalue weighted by Crippen LogP contribution is 2.30. The van der Waals surface area contributed by atoms with E-state index < -0.39 is 11.7 Å².